The van der Waals surface area contributed by atoms with Crippen LogP contribution in [0.4, 0.5) is 0 Å². The zero-order chi connectivity index (χ0) is 17.1. The first-order valence-electron chi connectivity index (χ1n) is 7.90. The van der Waals surface area contributed by atoms with E-state index >= 15 is 0 Å². The van der Waals surface area contributed by atoms with Gasteiger partial charge in [-0.1, -0.05) is 11.2 Å². The number of hydrogen-bond donors (Lipinski definition) is 0. The van der Waals surface area contributed by atoms with E-state index in [2.05, 4.69) is 33.1 Å². The molecule has 1 atom stereocenters. The van der Waals surface area contributed by atoms with E-state index in [0.717, 1.165) is 31.7 Å². The van der Waals surface area contributed by atoms with E-state index in [9.17, 15) is 0 Å². The molecule has 2 aromatic rings. The van der Waals surface area contributed by atoms with Crippen molar-refractivity contribution in [3.8, 4) is 11.8 Å². The number of nitriles is 1. The lowest BCUT2D eigenvalue weighted by Gasteiger charge is -2.37. The molecule has 1 fully saturated rings. The number of aryl methyl sites for hydroxylation is 1. The van der Waals surface area contributed by atoms with Crippen molar-refractivity contribution in [2.45, 2.75) is 19.5 Å². The first-order valence-corrected chi connectivity index (χ1v) is 7.90. The summed E-state index contributed by atoms with van der Waals surface area (Å²) in [6.45, 7) is 5.33. The van der Waals surface area contributed by atoms with Gasteiger partial charge in [0.15, 0.2) is 5.82 Å². The van der Waals surface area contributed by atoms with Crippen LogP contribution in [0.3, 0.4) is 0 Å². The molecule has 3 rings (SSSR count). The van der Waals surface area contributed by atoms with Crippen molar-refractivity contribution in [2.24, 2.45) is 0 Å². The summed E-state index contributed by atoms with van der Waals surface area (Å²) < 4.78 is 10.6. The van der Waals surface area contributed by atoms with Gasteiger partial charge in [-0.2, -0.15) is 10.2 Å². The maximum absolute atomic E-state index is 9.08. The van der Waals surface area contributed by atoms with Crippen molar-refractivity contribution in [3.05, 3.63) is 41.0 Å². The Morgan fingerprint density at radius 1 is 1.42 bits per heavy atom. The summed E-state index contributed by atoms with van der Waals surface area (Å²) in [6.07, 6.45) is 0. The minimum Gasteiger partial charge on any atom is -0.495 e. The minimum atomic E-state index is 0.0974. The van der Waals surface area contributed by atoms with Crippen LogP contribution in [0.5, 0.6) is 5.75 Å². The zero-order valence-electron chi connectivity index (χ0n) is 14.2. The van der Waals surface area contributed by atoms with Crippen molar-refractivity contribution >= 4 is 0 Å². The Bertz CT molecular complexity index is 752. The standard InChI is InChI=1S/C17H21N5O2/c1-12-19-17(24-20-12)15-11-22(7-6-21(15)2)10-13-4-5-14(9-18)16(8-13)23-3/h4-5,8,15H,6-7,10-11H2,1-3H3. The molecule has 7 heteroatoms. The van der Waals surface area contributed by atoms with Crippen LogP contribution in [-0.2, 0) is 6.54 Å². The molecule has 0 spiro atoms. The summed E-state index contributed by atoms with van der Waals surface area (Å²) in [5.74, 6) is 1.94. The fourth-order valence-corrected chi connectivity index (χ4v) is 2.97. The number of nitrogens with zero attached hydrogens (tertiary/aromatic N) is 5. The van der Waals surface area contributed by atoms with Gasteiger partial charge in [0.25, 0.3) is 0 Å². The molecule has 1 aromatic carbocycles. The van der Waals surface area contributed by atoms with Gasteiger partial charge in [0.2, 0.25) is 5.89 Å². The Morgan fingerprint density at radius 3 is 2.92 bits per heavy atom. The number of ether oxygens (including phenoxy) is 1. The van der Waals surface area contributed by atoms with Gasteiger partial charge in [-0.3, -0.25) is 9.80 Å². The van der Waals surface area contributed by atoms with Crippen LogP contribution in [-0.4, -0.2) is 53.7 Å². The van der Waals surface area contributed by atoms with Gasteiger partial charge in [0.1, 0.15) is 17.9 Å². The van der Waals surface area contributed by atoms with Crippen LogP contribution >= 0.6 is 0 Å². The lowest BCUT2D eigenvalue weighted by molar-refractivity contribution is 0.0714. The maximum atomic E-state index is 9.08. The molecule has 0 N–H and O–H groups in total. The molecule has 24 heavy (non-hydrogen) atoms. The van der Waals surface area contributed by atoms with Crippen molar-refractivity contribution in [2.75, 3.05) is 33.8 Å². The monoisotopic (exact) mass is 327 g/mol. The number of methoxy groups -OCH3 is 1. The second-order valence-corrected chi connectivity index (χ2v) is 6.06. The fraction of sp³-hybridized carbons (Fsp3) is 0.471. The Hall–Kier alpha value is -2.43. The van der Waals surface area contributed by atoms with Gasteiger partial charge in [0, 0.05) is 26.2 Å². The van der Waals surface area contributed by atoms with Gasteiger partial charge in [-0.25, -0.2) is 0 Å². The molecule has 1 aliphatic heterocycles. The summed E-state index contributed by atoms with van der Waals surface area (Å²) in [5.41, 5.74) is 1.68. The van der Waals surface area contributed by atoms with Crippen molar-refractivity contribution < 1.29 is 9.26 Å². The second kappa shape index (κ2) is 6.99. The summed E-state index contributed by atoms with van der Waals surface area (Å²) >= 11 is 0. The predicted octanol–water partition coefficient (Wildman–Crippen LogP) is 1.75. The quantitative estimate of drug-likeness (QED) is 0.846. The van der Waals surface area contributed by atoms with E-state index in [1.807, 2.05) is 25.1 Å². The summed E-state index contributed by atoms with van der Waals surface area (Å²) in [4.78, 5) is 8.97. The van der Waals surface area contributed by atoms with E-state index in [4.69, 9.17) is 14.5 Å². The third-order valence-electron chi connectivity index (χ3n) is 4.35. The molecule has 0 radical (unpaired) electrons. The molecular weight excluding hydrogens is 306 g/mol. The minimum absolute atomic E-state index is 0.0974. The molecule has 0 saturated carbocycles. The lowest BCUT2D eigenvalue weighted by atomic mass is 10.1. The highest BCUT2D eigenvalue weighted by atomic mass is 16.5. The Morgan fingerprint density at radius 2 is 2.25 bits per heavy atom. The van der Waals surface area contributed by atoms with Crippen LogP contribution in [0.15, 0.2) is 22.7 Å². The highest BCUT2D eigenvalue weighted by Gasteiger charge is 2.29. The third kappa shape index (κ3) is 3.40. The molecule has 1 aromatic heterocycles. The Labute approximate surface area is 141 Å². The smallest absolute Gasteiger partial charge is 0.245 e. The van der Waals surface area contributed by atoms with Crippen molar-refractivity contribution in [3.63, 3.8) is 0 Å². The molecule has 1 unspecified atom stereocenters. The van der Waals surface area contributed by atoms with E-state index in [-0.39, 0.29) is 6.04 Å². The lowest BCUT2D eigenvalue weighted by Crippen LogP contribution is -2.46. The Balaban J connectivity index is 1.73. The zero-order valence-corrected chi connectivity index (χ0v) is 14.2. The third-order valence-corrected chi connectivity index (χ3v) is 4.35. The number of benzene rings is 1. The van der Waals surface area contributed by atoms with Crippen LogP contribution in [0, 0.1) is 18.3 Å². The highest BCUT2D eigenvalue weighted by molar-refractivity contribution is 5.45. The fourth-order valence-electron chi connectivity index (χ4n) is 2.97. The first-order chi connectivity index (χ1) is 11.6. The largest absolute Gasteiger partial charge is 0.495 e. The first kappa shape index (κ1) is 16.4. The number of rotatable bonds is 4. The van der Waals surface area contributed by atoms with Crippen LogP contribution in [0.2, 0.25) is 0 Å². The number of likely N-dealkylation sites (N-methyl/N-ethyl adjacent to an activating group) is 1. The predicted molar refractivity (Wildman–Crippen MR) is 87.4 cm³/mol. The van der Waals surface area contributed by atoms with Crippen molar-refractivity contribution in [1.29, 1.82) is 5.26 Å². The number of aromatic nitrogens is 2. The molecule has 126 valence electrons. The van der Waals surface area contributed by atoms with E-state index < -0.39 is 0 Å². The van der Waals surface area contributed by atoms with Gasteiger partial charge in [-0.15, -0.1) is 0 Å². The van der Waals surface area contributed by atoms with Crippen LogP contribution < -0.4 is 4.74 Å². The van der Waals surface area contributed by atoms with E-state index in [1.54, 1.807) is 7.11 Å². The average molecular weight is 327 g/mol. The molecule has 0 amide bonds. The van der Waals surface area contributed by atoms with E-state index in [1.165, 1.54) is 0 Å². The van der Waals surface area contributed by atoms with Gasteiger partial charge < -0.3 is 9.26 Å². The molecule has 7 nitrogen and oxygen atoms in total. The average Bonchev–Trinajstić information content (AvgIpc) is 3.02. The van der Waals surface area contributed by atoms with E-state index in [0.29, 0.717) is 23.0 Å². The molecule has 0 bridgehead atoms. The molecule has 1 saturated heterocycles. The molecule has 0 aliphatic carbocycles. The highest BCUT2D eigenvalue weighted by Crippen LogP contribution is 2.25. The van der Waals surface area contributed by atoms with Crippen LogP contribution in [0.25, 0.3) is 0 Å². The van der Waals surface area contributed by atoms with Gasteiger partial charge in [0.05, 0.1) is 12.7 Å². The van der Waals surface area contributed by atoms with Gasteiger partial charge in [-0.05, 0) is 31.7 Å². The number of hydrogen-bond acceptors (Lipinski definition) is 7. The Kier molecular flexibility index (Phi) is 4.79. The molecular formula is C17H21N5O2. The molecule has 1 aliphatic rings. The summed E-state index contributed by atoms with van der Waals surface area (Å²) in [5, 5.41) is 13.0. The summed E-state index contributed by atoms with van der Waals surface area (Å²) in [6, 6.07) is 7.96. The maximum Gasteiger partial charge on any atom is 0.245 e. The summed E-state index contributed by atoms with van der Waals surface area (Å²) in [7, 11) is 3.66. The normalized spacial score (nSPS) is 19.2. The second-order valence-electron chi connectivity index (χ2n) is 6.06. The topological polar surface area (TPSA) is 78.4 Å². The van der Waals surface area contributed by atoms with Crippen molar-refractivity contribution in [1.82, 2.24) is 19.9 Å². The molecule has 2 heterocycles. The van der Waals surface area contributed by atoms with Crippen LogP contribution in [0.1, 0.15) is 28.9 Å². The SMILES string of the molecule is COc1cc(CN2CCN(C)C(c3nc(C)no3)C2)ccc1C#N. The number of piperazine rings is 1. The van der Waals surface area contributed by atoms with Gasteiger partial charge >= 0.3 is 0 Å².